The van der Waals surface area contributed by atoms with Gasteiger partial charge in [-0.15, -0.1) is 0 Å². The molecule has 0 saturated carbocycles. The van der Waals surface area contributed by atoms with Crippen LogP contribution in [-0.4, -0.2) is 67.7 Å². The summed E-state index contributed by atoms with van der Waals surface area (Å²) in [6.45, 7) is 15.9. The Morgan fingerprint density at radius 2 is 1.58 bits per heavy atom. The molecule has 0 aromatic rings. The van der Waals surface area contributed by atoms with Crippen LogP contribution in [0.2, 0.25) is 0 Å². The van der Waals surface area contributed by atoms with E-state index in [4.69, 9.17) is 23.8 Å². The van der Waals surface area contributed by atoms with E-state index in [2.05, 4.69) is 46.6 Å². The Bertz CT molecular complexity index is 474. The van der Waals surface area contributed by atoms with E-state index in [1.807, 2.05) is 0 Å². The number of hydrogen-bond acceptors (Lipinski definition) is 6. The first kappa shape index (κ1) is 20.5. The van der Waals surface area contributed by atoms with Crippen LogP contribution in [0.25, 0.3) is 0 Å². The van der Waals surface area contributed by atoms with Crippen molar-refractivity contribution in [3.8, 4) is 0 Å². The molecular weight excluding hydrogens is 334 g/mol. The zero-order chi connectivity index (χ0) is 19.2. The Balaban J connectivity index is 1.72. The van der Waals surface area contributed by atoms with Crippen molar-refractivity contribution in [1.29, 1.82) is 0 Å². The minimum absolute atomic E-state index is 0.00819. The molecule has 26 heavy (non-hydrogen) atoms. The van der Waals surface area contributed by atoms with Gasteiger partial charge in [-0.25, -0.2) is 0 Å². The third-order valence-corrected chi connectivity index (χ3v) is 5.90. The molecule has 3 fully saturated rings. The van der Waals surface area contributed by atoms with Gasteiger partial charge in [-0.2, -0.15) is 5.06 Å². The summed E-state index contributed by atoms with van der Waals surface area (Å²) in [4.78, 5) is 6.12. The van der Waals surface area contributed by atoms with Crippen molar-refractivity contribution in [3.05, 3.63) is 0 Å². The van der Waals surface area contributed by atoms with E-state index in [1.54, 1.807) is 7.11 Å². The maximum atomic E-state index is 6.47. The van der Waals surface area contributed by atoms with Crippen LogP contribution in [0.15, 0.2) is 0 Å². The quantitative estimate of drug-likeness (QED) is 0.669. The summed E-state index contributed by atoms with van der Waals surface area (Å²) in [5, 5.41) is 2.16. The molecule has 2 atom stereocenters. The Morgan fingerprint density at radius 3 is 2.00 bits per heavy atom. The fourth-order valence-electron chi connectivity index (χ4n) is 5.04. The first-order valence-electron chi connectivity index (χ1n) is 9.93. The number of epoxide rings is 1. The van der Waals surface area contributed by atoms with Gasteiger partial charge < -0.3 is 18.9 Å². The van der Waals surface area contributed by atoms with Crippen LogP contribution in [0, 0.1) is 5.41 Å². The van der Waals surface area contributed by atoms with Gasteiger partial charge in [0.1, 0.15) is 6.10 Å². The number of piperidine rings is 1. The lowest BCUT2D eigenvalue weighted by molar-refractivity contribution is -0.386. The molecule has 3 aliphatic heterocycles. The van der Waals surface area contributed by atoms with Crippen molar-refractivity contribution in [3.63, 3.8) is 0 Å². The molecule has 3 saturated heterocycles. The lowest BCUT2D eigenvalue weighted by Gasteiger charge is -2.59. The Kier molecular flexibility index (Phi) is 5.50. The normalized spacial score (nSPS) is 33.1. The zero-order valence-electron chi connectivity index (χ0n) is 17.6. The molecule has 3 rings (SSSR count). The zero-order valence-corrected chi connectivity index (χ0v) is 17.6. The topological polar surface area (TPSA) is 52.7 Å². The standard InChI is InChI=1S/C20H37NO5/c1-8-9-26-21-17(2,3)11-20(12-18(21,4)5)24-13-19(6,14-25-20)16(22-7)15-10-23-15/h15-16H,8-14H2,1-7H3. The predicted octanol–water partition coefficient (Wildman–Crippen LogP) is 3.14. The number of rotatable bonds is 6. The second-order valence-corrected chi connectivity index (χ2v) is 9.78. The van der Waals surface area contributed by atoms with Crippen molar-refractivity contribution < 1.29 is 23.8 Å². The second-order valence-electron chi connectivity index (χ2n) is 9.78. The van der Waals surface area contributed by atoms with Crippen LogP contribution in [0.5, 0.6) is 0 Å². The number of ether oxygens (including phenoxy) is 4. The lowest BCUT2D eigenvalue weighted by atomic mass is 9.76. The Labute approximate surface area is 158 Å². The largest absolute Gasteiger partial charge is 0.378 e. The predicted molar refractivity (Wildman–Crippen MR) is 98.8 cm³/mol. The summed E-state index contributed by atoms with van der Waals surface area (Å²) >= 11 is 0. The molecule has 0 bridgehead atoms. The summed E-state index contributed by atoms with van der Waals surface area (Å²) in [7, 11) is 1.75. The van der Waals surface area contributed by atoms with Gasteiger partial charge in [-0.3, -0.25) is 4.84 Å². The highest BCUT2D eigenvalue weighted by Crippen LogP contribution is 2.49. The van der Waals surface area contributed by atoms with Crippen LogP contribution < -0.4 is 0 Å². The number of hydroxylamine groups is 2. The minimum atomic E-state index is -0.568. The average molecular weight is 372 g/mol. The van der Waals surface area contributed by atoms with Crippen LogP contribution in [0.3, 0.4) is 0 Å². The molecule has 152 valence electrons. The van der Waals surface area contributed by atoms with Crippen LogP contribution in [0.4, 0.5) is 0 Å². The third-order valence-electron chi connectivity index (χ3n) is 5.90. The van der Waals surface area contributed by atoms with E-state index < -0.39 is 5.79 Å². The monoisotopic (exact) mass is 371 g/mol. The van der Waals surface area contributed by atoms with E-state index in [0.29, 0.717) is 13.2 Å². The van der Waals surface area contributed by atoms with Crippen molar-refractivity contribution in [2.45, 2.75) is 89.9 Å². The first-order chi connectivity index (χ1) is 12.1. The van der Waals surface area contributed by atoms with Crippen LogP contribution in [-0.2, 0) is 23.8 Å². The molecule has 3 aliphatic rings. The highest BCUT2D eigenvalue weighted by molar-refractivity contribution is 5.04. The molecule has 0 aromatic heterocycles. The van der Waals surface area contributed by atoms with Gasteiger partial charge in [-0.05, 0) is 34.1 Å². The summed E-state index contributed by atoms with van der Waals surface area (Å²) in [6.07, 6.45) is 2.74. The average Bonchev–Trinajstić information content (AvgIpc) is 3.34. The van der Waals surface area contributed by atoms with Crippen molar-refractivity contribution in [2.75, 3.05) is 33.5 Å². The van der Waals surface area contributed by atoms with E-state index in [-0.39, 0.29) is 28.7 Å². The van der Waals surface area contributed by atoms with Crippen molar-refractivity contribution >= 4 is 0 Å². The maximum Gasteiger partial charge on any atom is 0.171 e. The van der Waals surface area contributed by atoms with E-state index in [9.17, 15) is 0 Å². The van der Waals surface area contributed by atoms with Gasteiger partial charge in [0.05, 0.1) is 32.5 Å². The minimum Gasteiger partial charge on any atom is -0.378 e. The highest BCUT2D eigenvalue weighted by atomic mass is 16.7. The molecule has 0 amide bonds. The van der Waals surface area contributed by atoms with Gasteiger partial charge in [0.2, 0.25) is 0 Å². The highest BCUT2D eigenvalue weighted by Gasteiger charge is 2.59. The van der Waals surface area contributed by atoms with Crippen LogP contribution in [0.1, 0.15) is 60.8 Å². The number of methoxy groups -OCH3 is 1. The molecule has 0 radical (unpaired) electrons. The molecule has 0 aliphatic carbocycles. The van der Waals surface area contributed by atoms with Gasteiger partial charge in [0.25, 0.3) is 0 Å². The molecule has 0 N–H and O–H groups in total. The van der Waals surface area contributed by atoms with E-state index >= 15 is 0 Å². The van der Waals surface area contributed by atoms with Gasteiger partial charge in [-0.1, -0.05) is 13.8 Å². The third kappa shape index (κ3) is 3.82. The van der Waals surface area contributed by atoms with Crippen molar-refractivity contribution in [1.82, 2.24) is 5.06 Å². The van der Waals surface area contributed by atoms with Gasteiger partial charge in [0.15, 0.2) is 5.79 Å². The SMILES string of the molecule is CCCON1C(C)(C)CC2(CC1(C)C)OCC(C)(C(OC)C1CO1)CO2. The molecule has 6 nitrogen and oxygen atoms in total. The number of nitrogens with zero attached hydrogens (tertiary/aromatic N) is 1. The molecule has 6 heteroatoms. The molecule has 0 aromatic carbocycles. The summed E-state index contributed by atoms with van der Waals surface area (Å²) in [5.41, 5.74) is -0.541. The molecule has 3 heterocycles. The van der Waals surface area contributed by atoms with Crippen molar-refractivity contribution in [2.24, 2.45) is 5.41 Å². The molecule has 1 spiro atoms. The lowest BCUT2D eigenvalue weighted by Crippen LogP contribution is -2.68. The van der Waals surface area contributed by atoms with Gasteiger partial charge in [0, 0.05) is 36.4 Å². The smallest absolute Gasteiger partial charge is 0.171 e. The van der Waals surface area contributed by atoms with E-state index in [0.717, 1.165) is 32.5 Å². The Hall–Kier alpha value is -0.240. The fraction of sp³-hybridized carbons (Fsp3) is 1.00. The first-order valence-corrected chi connectivity index (χ1v) is 9.93. The molecule has 2 unspecified atom stereocenters. The van der Waals surface area contributed by atoms with E-state index in [1.165, 1.54) is 0 Å². The summed E-state index contributed by atoms with van der Waals surface area (Å²) in [5.74, 6) is -0.568. The fourth-order valence-corrected chi connectivity index (χ4v) is 5.04. The number of hydrogen-bond donors (Lipinski definition) is 0. The maximum absolute atomic E-state index is 6.47. The summed E-state index contributed by atoms with van der Waals surface area (Å²) in [6, 6.07) is 0. The van der Waals surface area contributed by atoms with Gasteiger partial charge >= 0.3 is 0 Å². The van der Waals surface area contributed by atoms with Crippen LogP contribution >= 0.6 is 0 Å². The summed E-state index contributed by atoms with van der Waals surface area (Å²) < 4.78 is 24.1. The Morgan fingerprint density at radius 1 is 1.04 bits per heavy atom. The second kappa shape index (κ2) is 6.98. The molecular formula is C20H37NO5.